The monoisotopic (exact) mass is 657 g/mol. The van der Waals surface area contributed by atoms with Crippen molar-refractivity contribution in [1.29, 1.82) is 0 Å². The number of aromatic nitrogens is 2. The number of para-hydroxylation sites is 1. The molecule has 0 radical (unpaired) electrons. The summed E-state index contributed by atoms with van der Waals surface area (Å²) in [4.78, 5) is 29.8. The lowest BCUT2D eigenvalue weighted by Crippen LogP contribution is -2.20. The summed E-state index contributed by atoms with van der Waals surface area (Å²) < 4.78 is 19.4. The Kier molecular flexibility index (Phi) is 7.71. The number of nitrogens with zero attached hydrogens (tertiary/aromatic N) is 3. The summed E-state index contributed by atoms with van der Waals surface area (Å²) in [5.41, 5.74) is 1.91. The first-order valence-corrected chi connectivity index (χ1v) is 14.1. The van der Waals surface area contributed by atoms with Gasteiger partial charge in [0.1, 0.15) is 23.7 Å². The van der Waals surface area contributed by atoms with E-state index < -0.39 is 11.5 Å². The first kappa shape index (κ1) is 28.2. The van der Waals surface area contributed by atoms with Crippen molar-refractivity contribution in [1.82, 2.24) is 9.66 Å². The van der Waals surface area contributed by atoms with Gasteiger partial charge < -0.3 is 19.0 Å². The maximum absolute atomic E-state index is 13.7. The number of rotatable bonds is 8. The molecule has 11 heteroatoms. The van der Waals surface area contributed by atoms with Gasteiger partial charge in [0.2, 0.25) is 5.82 Å². The molecule has 1 N–H and O–H groups in total. The normalized spacial score (nSPS) is 11.4. The number of carboxylic acids is 1. The number of methoxy groups -OCH3 is 1. The lowest BCUT2D eigenvalue weighted by Gasteiger charge is -2.13. The molecule has 214 valence electrons. The molecule has 9 nitrogen and oxygen atoms in total. The predicted octanol–water partition coefficient (Wildman–Crippen LogP) is 7.39. The van der Waals surface area contributed by atoms with E-state index in [0.29, 0.717) is 54.4 Å². The van der Waals surface area contributed by atoms with Gasteiger partial charge in [0.15, 0.2) is 5.76 Å². The minimum atomic E-state index is -1.03. The predicted molar refractivity (Wildman–Crippen MR) is 168 cm³/mol. The third kappa shape index (κ3) is 5.62. The molecular weight excluding hydrogens is 638 g/mol. The van der Waals surface area contributed by atoms with Crippen molar-refractivity contribution in [2.45, 2.75) is 6.61 Å². The second-order valence-corrected chi connectivity index (χ2v) is 10.7. The van der Waals surface area contributed by atoms with Gasteiger partial charge in [0.25, 0.3) is 5.56 Å². The van der Waals surface area contributed by atoms with E-state index in [-0.39, 0.29) is 18.0 Å². The van der Waals surface area contributed by atoms with Crippen molar-refractivity contribution in [3.63, 3.8) is 0 Å². The maximum Gasteiger partial charge on any atom is 0.335 e. The number of fused-ring (bicyclic) bond motifs is 2. The molecule has 0 aliphatic carbocycles. The van der Waals surface area contributed by atoms with Crippen molar-refractivity contribution < 1.29 is 23.8 Å². The lowest BCUT2D eigenvalue weighted by atomic mass is 10.1. The highest BCUT2D eigenvalue weighted by atomic mass is 79.9. The van der Waals surface area contributed by atoms with Gasteiger partial charge in [-0.25, -0.2) is 9.78 Å². The number of carbonyl (C=O) groups is 1. The number of halogens is 2. The number of ether oxygens (including phenoxy) is 2. The quantitative estimate of drug-likeness (QED) is 0.170. The number of aromatic carboxylic acids is 1. The SMILES string of the molecule is COc1cccc2oc(-c3nc4ccccc4c(=O)n3N=Cc3cc(Cl)cc(Br)c3OCc3cccc(C(=O)O)c3)cc12. The third-order valence-corrected chi connectivity index (χ3v) is 7.43. The fourth-order valence-electron chi connectivity index (χ4n) is 4.61. The van der Waals surface area contributed by atoms with Crippen LogP contribution < -0.4 is 15.0 Å². The van der Waals surface area contributed by atoms with Gasteiger partial charge in [-0.15, -0.1) is 0 Å². The van der Waals surface area contributed by atoms with Crippen LogP contribution in [0.3, 0.4) is 0 Å². The highest BCUT2D eigenvalue weighted by Gasteiger charge is 2.18. The Morgan fingerprint density at radius 2 is 1.88 bits per heavy atom. The van der Waals surface area contributed by atoms with Crippen LogP contribution in [-0.4, -0.2) is 34.1 Å². The highest BCUT2D eigenvalue weighted by Crippen LogP contribution is 2.34. The van der Waals surface area contributed by atoms with Crippen LogP contribution in [0.15, 0.2) is 104 Å². The molecule has 4 aromatic carbocycles. The van der Waals surface area contributed by atoms with E-state index in [1.807, 2.05) is 12.1 Å². The molecule has 0 amide bonds. The molecule has 43 heavy (non-hydrogen) atoms. The van der Waals surface area contributed by atoms with Crippen LogP contribution >= 0.6 is 27.5 Å². The number of benzene rings is 4. The molecule has 0 bridgehead atoms. The molecule has 0 saturated carbocycles. The van der Waals surface area contributed by atoms with Crippen LogP contribution in [0.25, 0.3) is 33.5 Å². The Morgan fingerprint density at radius 3 is 2.70 bits per heavy atom. The van der Waals surface area contributed by atoms with E-state index in [1.54, 1.807) is 67.8 Å². The average Bonchev–Trinajstić information content (AvgIpc) is 3.44. The molecule has 0 spiro atoms. The fourth-order valence-corrected chi connectivity index (χ4v) is 5.56. The molecule has 2 aromatic heterocycles. The van der Waals surface area contributed by atoms with Gasteiger partial charge in [0.05, 0.1) is 39.6 Å². The van der Waals surface area contributed by atoms with E-state index in [1.165, 1.54) is 23.0 Å². The van der Waals surface area contributed by atoms with Crippen LogP contribution in [-0.2, 0) is 6.61 Å². The molecule has 0 aliphatic rings. The van der Waals surface area contributed by atoms with Crippen molar-refractivity contribution >= 4 is 61.6 Å². The summed E-state index contributed by atoms with van der Waals surface area (Å²) in [6.07, 6.45) is 1.45. The topological polar surface area (TPSA) is 116 Å². The molecule has 0 atom stereocenters. The standard InChI is InChI=1S/C32H21BrClN3O6/c1-41-26-10-5-11-27-23(26)15-28(43-27)30-36-25-9-3-2-8-22(25)31(38)37(30)35-16-20-13-21(34)14-24(33)29(20)42-17-18-6-4-7-19(12-18)32(39)40/h2-16H,17H2,1H3,(H,39,40). The fraction of sp³-hybridized carbons (Fsp3) is 0.0625. The summed E-state index contributed by atoms with van der Waals surface area (Å²) in [5, 5.41) is 15.4. The molecule has 6 rings (SSSR count). The third-order valence-electron chi connectivity index (χ3n) is 6.62. The van der Waals surface area contributed by atoms with E-state index in [4.69, 9.17) is 30.5 Å². The Hall–Kier alpha value is -4.93. The van der Waals surface area contributed by atoms with E-state index >= 15 is 0 Å². The molecular formula is C32H21BrClN3O6. The zero-order valence-electron chi connectivity index (χ0n) is 22.5. The van der Waals surface area contributed by atoms with E-state index in [9.17, 15) is 14.7 Å². The first-order chi connectivity index (χ1) is 20.8. The van der Waals surface area contributed by atoms with Gasteiger partial charge in [-0.1, -0.05) is 41.9 Å². The molecule has 0 unspecified atom stereocenters. The van der Waals surface area contributed by atoms with E-state index in [2.05, 4.69) is 21.0 Å². The van der Waals surface area contributed by atoms with Crippen molar-refractivity contribution in [2.75, 3.05) is 7.11 Å². The minimum absolute atomic E-state index is 0.0751. The number of hydrogen-bond acceptors (Lipinski definition) is 7. The Labute approximate surface area is 257 Å². The smallest absolute Gasteiger partial charge is 0.335 e. The number of furan rings is 1. The zero-order chi connectivity index (χ0) is 30.1. The van der Waals surface area contributed by atoms with Crippen LogP contribution in [0, 0.1) is 0 Å². The largest absolute Gasteiger partial charge is 0.496 e. The molecule has 0 saturated heterocycles. The van der Waals surface area contributed by atoms with Gasteiger partial charge in [-0.3, -0.25) is 4.79 Å². The van der Waals surface area contributed by atoms with Crippen molar-refractivity contribution in [3.05, 3.63) is 121 Å². The Balaban J connectivity index is 1.45. The van der Waals surface area contributed by atoms with Crippen LogP contribution in [0.5, 0.6) is 11.5 Å². The second-order valence-electron chi connectivity index (χ2n) is 9.40. The molecule has 0 fully saturated rings. The van der Waals surface area contributed by atoms with E-state index in [0.717, 1.165) is 5.39 Å². The maximum atomic E-state index is 13.7. The number of hydrogen-bond donors (Lipinski definition) is 1. The van der Waals surface area contributed by atoms with Crippen LogP contribution in [0.1, 0.15) is 21.5 Å². The number of carboxylic acid groups (broad SMARTS) is 1. The van der Waals surface area contributed by atoms with Crippen LogP contribution in [0.4, 0.5) is 0 Å². The first-order valence-electron chi connectivity index (χ1n) is 12.9. The minimum Gasteiger partial charge on any atom is -0.496 e. The summed E-state index contributed by atoms with van der Waals surface area (Å²) in [6.45, 7) is 0.0751. The summed E-state index contributed by atoms with van der Waals surface area (Å²) in [5.74, 6) is 0.486. The van der Waals surface area contributed by atoms with Gasteiger partial charge in [-0.2, -0.15) is 9.78 Å². The summed E-state index contributed by atoms with van der Waals surface area (Å²) in [7, 11) is 1.57. The van der Waals surface area contributed by atoms with Gasteiger partial charge in [0, 0.05) is 10.6 Å². The molecule has 0 aliphatic heterocycles. The van der Waals surface area contributed by atoms with Crippen molar-refractivity contribution in [2.24, 2.45) is 5.10 Å². The summed E-state index contributed by atoms with van der Waals surface area (Å²) in [6, 6.07) is 23.9. The molecule has 6 aromatic rings. The highest BCUT2D eigenvalue weighted by molar-refractivity contribution is 9.10. The van der Waals surface area contributed by atoms with Crippen LogP contribution in [0.2, 0.25) is 5.02 Å². The van der Waals surface area contributed by atoms with Crippen molar-refractivity contribution in [3.8, 4) is 23.1 Å². The Morgan fingerprint density at radius 1 is 1.07 bits per heavy atom. The average molecular weight is 659 g/mol. The lowest BCUT2D eigenvalue weighted by molar-refractivity contribution is 0.0696. The zero-order valence-corrected chi connectivity index (χ0v) is 24.8. The second kappa shape index (κ2) is 11.7. The van der Waals surface area contributed by atoms with Gasteiger partial charge in [-0.05, 0) is 76.1 Å². The Bertz CT molecular complexity index is 2120. The van der Waals surface area contributed by atoms with Gasteiger partial charge >= 0.3 is 5.97 Å². The molecule has 2 heterocycles. The summed E-state index contributed by atoms with van der Waals surface area (Å²) >= 11 is 9.86.